The predicted molar refractivity (Wildman–Crippen MR) is 115 cm³/mol. The van der Waals surface area contributed by atoms with E-state index in [1.807, 2.05) is 35.2 Å². The van der Waals surface area contributed by atoms with Gasteiger partial charge in [0.1, 0.15) is 5.75 Å². The summed E-state index contributed by atoms with van der Waals surface area (Å²) in [6.07, 6.45) is 6.06. The Kier molecular flexibility index (Phi) is 5.84. The first-order chi connectivity index (χ1) is 14.2. The van der Waals surface area contributed by atoms with E-state index in [0.29, 0.717) is 17.9 Å². The van der Waals surface area contributed by atoms with Gasteiger partial charge in [-0.05, 0) is 74.1 Å². The Hall–Kier alpha value is -2.82. The van der Waals surface area contributed by atoms with E-state index in [4.69, 9.17) is 4.74 Å². The van der Waals surface area contributed by atoms with Gasteiger partial charge in [-0.25, -0.2) is 0 Å². The van der Waals surface area contributed by atoms with Crippen LogP contribution < -0.4 is 15.0 Å². The minimum absolute atomic E-state index is 0.166. The average Bonchev–Trinajstić information content (AvgIpc) is 3.59. The maximum atomic E-state index is 12.7. The molecule has 2 amide bonds. The quantitative estimate of drug-likeness (QED) is 0.688. The molecular formula is C24H28N2O3. The second-order valence-electron chi connectivity index (χ2n) is 7.89. The number of benzene rings is 2. The lowest BCUT2D eigenvalue weighted by Gasteiger charge is -2.30. The summed E-state index contributed by atoms with van der Waals surface area (Å²) in [6.45, 7) is 3.57. The van der Waals surface area contributed by atoms with Gasteiger partial charge in [-0.15, -0.1) is 0 Å². The molecule has 0 spiro atoms. The van der Waals surface area contributed by atoms with Crippen LogP contribution in [0.25, 0.3) is 0 Å². The molecule has 2 aliphatic rings. The highest BCUT2D eigenvalue weighted by molar-refractivity contribution is 6.05. The van der Waals surface area contributed by atoms with Crippen molar-refractivity contribution < 1.29 is 14.3 Å². The highest BCUT2D eigenvalue weighted by atomic mass is 16.5. The zero-order chi connectivity index (χ0) is 20.2. The topological polar surface area (TPSA) is 58.6 Å². The summed E-state index contributed by atoms with van der Waals surface area (Å²) >= 11 is 0. The van der Waals surface area contributed by atoms with Crippen molar-refractivity contribution >= 4 is 23.2 Å². The summed E-state index contributed by atoms with van der Waals surface area (Å²) in [5, 5.41) is 2.97. The van der Waals surface area contributed by atoms with Crippen molar-refractivity contribution in [3.8, 4) is 5.75 Å². The van der Waals surface area contributed by atoms with Gasteiger partial charge in [0.2, 0.25) is 5.91 Å². The van der Waals surface area contributed by atoms with Crippen LogP contribution in [-0.2, 0) is 11.2 Å². The van der Waals surface area contributed by atoms with Crippen LogP contribution in [0, 0.1) is 5.92 Å². The van der Waals surface area contributed by atoms with Crippen molar-refractivity contribution in [3.05, 3.63) is 53.6 Å². The summed E-state index contributed by atoms with van der Waals surface area (Å²) in [5.74, 6) is 1.03. The monoisotopic (exact) mass is 392 g/mol. The molecule has 1 aliphatic carbocycles. The van der Waals surface area contributed by atoms with Crippen LogP contribution >= 0.6 is 0 Å². The molecule has 152 valence electrons. The summed E-state index contributed by atoms with van der Waals surface area (Å²) in [5.41, 5.74) is 3.42. The van der Waals surface area contributed by atoms with Gasteiger partial charge >= 0.3 is 0 Å². The second kappa shape index (κ2) is 8.68. The fourth-order valence-corrected chi connectivity index (χ4v) is 3.67. The van der Waals surface area contributed by atoms with Crippen LogP contribution in [0.4, 0.5) is 11.4 Å². The molecule has 0 saturated heterocycles. The molecule has 0 aromatic heterocycles. The van der Waals surface area contributed by atoms with Gasteiger partial charge in [-0.2, -0.15) is 0 Å². The molecular weight excluding hydrogens is 364 g/mol. The molecule has 1 saturated carbocycles. The number of amides is 2. The smallest absolute Gasteiger partial charge is 0.255 e. The van der Waals surface area contributed by atoms with Crippen LogP contribution in [0.2, 0.25) is 0 Å². The van der Waals surface area contributed by atoms with Crippen molar-refractivity contribution in [1.82, 2.24) is 0 Å². The van der Waals surface area contributed by atoms with Gasteiger partial charge in [0.05, 0.1) is 6.61 Å². The summed E-state index contributed by atoms with van der Waals surface area (Å²) in [7, 11) is 0. The summed E-state index contributed by atoms with van der Waals surface area (Å²) in [4.78, 5) is 27.2. The first kappa shape index (κ1) is 19.5. The minimum Gasteiger partial charge on any atom is -0.494 e. The van der Waals surface area contributed by atoms with Gasteiger partial charge in [0.15, 0.2) is 0 Å². The van der Waals surface area contributed by atoms with Gasteiger partial charge in [0, 0.05) is 29.4 Å². The Balaban J connectivity index is 1.44. The fraction of sp³-hybridized carbons (Fsp3) is 0.417. The number of fused-ring (bicyclic) bond motifs is 1. The van der Waals surface area contributed by atoms with Crippen LogP contribution in [0.5, 0.6) is 5.75 Å². The van der Waals surface area contributed by atoms with E-state index in [9.17, 15) is 9.59 Å². The number of nitrogens with zero attached hydrogens (tertiary/aromatic N) is 1. The normalized spacial score (nSPS) is 15.6. The molecule has 0 radical (unpaired) electrons. The molecule has 5 nitrogen and oxygen atoms in total. The van der Waals surface area contributed by atoms with E-state index in [1.54, 1.807) is 12.1 Å². The SMILES string of the molecule is CCCCOc1ccc(C(=O)Nc2ccc3c(c2)N(C(=O)C2CC2)CCC3)cc1. The molecule has 1 fully saturated rings. The van der Waals surface area contributed by atoms with Gasteiger partial charge in [-0.1, -0.05) is 19.4 Å². The van der Waals surface area contributed by atoms with E-state index >= 15 is 0 Å². The number of carbonyl (C=O) groups is 2. The number of hydrogen-bond donors (Lipinski definition) is 1. The van der Waals surface area contributed by atoms with Gasteiger partial charge in [-0.3, -0.25) is 9.59 Å². The Morgan fingerprint density at radius 3 is 2.66 bits per heavy atom. The molecule has 0 atom stereocenters. The standard InChI is InChI=1S/C24H28N2O3/c1-2-3-15-29-21-12-9-18(10-13-21)23(27)25-20-11-8-17-5-4-14-26(22(17)16-20)24(28)19-6-7-19/h8-13,16,19H,2-7,14-15H2,1H3,(H,25,27). The number of hydrogen-bond acceptors (Lipinski definition) is 3. The zero-order valence-electron chi connectivity index (χ0n) is 16.9. The Bertz CT molecular complexity index is 887. The third-order valence-electron chi connectivity index (χ3n) is 5.54. The third kappa shape index (κ3) is 4.61. The molecule has 2 aromatic carbocycles. The molecule has 0 bridgehead atoms. The maximum absolute atomic E-state index is 12.7. The molecule has 1 aliphatic heterocycles. The first-order valence-electron chi connectivity index (χ1n) is 10.6. The number of carbonyl (C=O) groups excluding carboxylic acids is 2. The van der Waals surface area contributed by atoms with Gasteiger partial charge in [0.25, 0.3) is 5.91 Å². The van der Waals surface area contributed by atoms with Crippen molar-refractivity contribution in [2.24, 2.45) is 5.92 Å². The highest BCUT2D eigenvalue weighted by Gasteiger charge is 2.35. The minimum atomic E-state index is -0.166. The number of rotatable bonds is 7. The lowest BCUT2D eigenvalue weighted by molar-refractivity contribution is -0.119. The van der Waals surface area contributed by atoms with Gasteiger partial charge < -0.3 is 15.0 Å². The van der Waals surface area contributed by atoms with E-state index in [-0.39, 0.29) is 17.7 Å². The first-order valence-corrected chi connectivity index (χ1v) is 10.6. The average molecular weight is 392 g/mol. The van der Waals surface area contributed by atoms with Crippen LogP contribution in [0.1, 0.15) is 54.9 Å². The Labute approximate surface area is 172 Å². The zero-order valence-corrected chi connectivity index (χ0v) is 16.9. The molecule has 0 unspecified atom stereocenters. The van der Waals surface area contributed by atoms with Crippen molar-refractivity contribution in [3.63, 3.8) is 0 Å². The van der Waals surface area contributed by atoms with E-state index < -0.39 is 0 Å². The third-order valence-corrected chi connectivity index (χ3v) is 5.54. The highest BCUT2D eigenvalue weighted by Crippen LogP contribution is 2.37. The lowest BCUT2D eigenvalue weighted by Crippen LogP contribution is -2.36. The van der Waals surface area contributed by atoms with Crippen LogP contribution in [0.3, 0.4) is 0 Å². The van der Waals surface area contributed by atoms with E-state index in [2.05, 4.69) is 12.2 Å². The number of aryl methyl sites for hydroxylation is 1. The molecule has 5 heteroatoms. The van der Waals surface area contributed by atoms with Crippen LogP contribution in [-0.4, -0.2) is 25.0 Å². The molecule has 2 aromatic rings. The molecule has 1 heterocycles. The number of unbranched alkanes of at least 4 members (excludes halogenated alkanes) is 1. The number of nitrogens with one attached hydrogen (secondary N) is 1. The Morgan fingerprint density at radius 2 is 1.93 bits per heavy atom. The van der Waals surface area contributed by atoms with Crippen LogP contribution in [0.15, 0.2) is 42.5 Å². The number of anilines is 2. The predicted octanol–water partition coefficient (Wildman–Crippen LogP) is 4.81. The second-order valence-corrected chi connectivity index (χ2v) is 7.89. The van der Waals surface area contributed by atoms with Crippen molar-refractivity contribution in [2.45, 2.75) is 45.4 Å². The maximum Gasteiger partial charge on any atom is 0.255 e. The molecule has 4 rings (SSSR count). The van der Waals surface area contributed by atoms with Crippen molar-refractivity contribution in [1.29, 1.82) is 0 Å². The van der Waals surface area contributed by atoms with Crippen molar-refractivity contribution in [2.75, 3.05) is 23.4 Å². The lowest BCUT2D eigenvalue weighted by atomic mass is 10.0. The largest absolute Gasteiger partial charge is 0.494 e. The fourth-order valence-electron chi connectivity index (χ4n) is 3.67. The summed E-state index contributed by atoms with van der Waals surface area (Å²) in [6, 6.07) is 13.1. The molecule has 29 heavy (non-hydrogen) atoms. The molecule has 1 N–H and O–H groups in total. The van der Waals surface area contributed by atoms with E-state index in [1.165, 1.54) is 5.56 Å². The summed E-state index contributed by atoms with van der Waals surface area (Å²) < 4.78 is 5.65. The number of ether oxygens (including phenoxy) is 1. The Morgan fingerprint density at radius 1 is 1.14 bits per heavy atom. The van der Waals surface area contributed by atoms with E-state index in [0.717, 1.165) is 56.5 Å².